The summed E-state index contributed by atoms with van der Waals surface area (Å²) in [7, 11) is 0. The van der Waals surface area contributed by atoms with Gasteiger partial charge in [-0.05, 0) is 25.1 Å². The van der Waals surface area contributed by atoms with Crippen molar-refractivity contribution in [2.45, 2.75) is 6.92 Å². The minimum Gasteiger partial charge on any atom is -0.506 e. The van der Waals surface area contributed by atoms with Crippen LogP contribution in [0, 0.1) is 5.39 Å². The third-order valence-electron chi connectivity index (χ3n) is 4.32. The van der Waals surface area contributed by atoms with E-state index < -0.39 is 5.97 Å². The molecule has 0 fully saturated rings. The summed E-state index contributed by atoms with van der Waals surface area (Å²) < 4.78 is 5.55. The van der Waals surface area contributed by atoms with E-state index in [0.717, 1.165) is 22.7 Å². The molecule has 0 saturated carbocycles. The summed E-state index contributed by atoms with van der Waals surface area (Å²) >= 11 is 2.16. The molecule has 0 radical (unpaired) electrons. The van der Waals surface area contributed by atoms with Crippen molar-refractivity contribution in [2.75, 3.05) is 12.3 Å². The van der Waals surface area contributed by atoms with Crippen LogP contribution < -0.4 is 5.73 Å². The number of esters is 1. The molecule has 0 unspecified atom stereocenters. The standard InChI is InChI=1S/C19H12N4O4S2/c1-2-27-18(26)17-14(23-21)11-12(20)16(28-19(11)29-17)15(25)9-5-6-10(24)13-8(9)4-3-7-22-13/h3-7H,2H2,1H3,(H2-,20,24,25)/p+1. The molecular weight excluding hydrogens is 412 g/mol. The molecule has 0 spiro atoms. The number of phenols is 1. The number of carbonyl (C=O) groups excluding carboxylic acids is 2. The number of carbonyl (C=O) groups is 2. The number of hydrogen-bond acceptors (Lipinski definition) is 9. The largest absolute Gasteiger partial charge is 0.506 e. The maximum Gasteiger partial charge on any atom is 0.421 e. The number of diazo groups is 1. The normalized spacial score (nSPS) is 10.9. The molecule has 0 atom stereocenters. The first-order valence-electron chi connectivity index (χ1n) is 8.46. The van der Waals surface area contributed by atoms with E-state index in [1.165, 1.54) is 18.3 Å². The quantitative estimate of drug-likeness (QED) is 0.275. The van der Waals surface area contributed by atoms with Gasteiger partial charge in [-0.2, -0.15) is 0 Å². The van der Waals surface area contributed by atoms with Gasteiger partial charge in [0.15, 0.2) is 4.98 Å². The summed E-state index contributed by atoms with van der Waals surface area (Å²) in [5.74, 6) is -0.996. The van der Waals surface area contributed by atoms with Crippen molar-refractivity contribution in [3.05, 3.63) is 50.8 Å². The van der Waals surface area contributed by atoms with Crippen molar-refractivity contribution in [3.8, 4) is 5.75 Å². The van der Waals surface area contributed by atoms with Crippen LogP contribution in [0.3, 0.4) is 0 Å². The smallest absolute Gasteiger partial charge is 0.421 e. The molecule has 3 N–H and O–H groups in total. The minimum atomic E-state index is -0.614. The number of ketones is 1. The Labute approximate surface area is 171 Å². The molecule has 4 rings (SSSR count). The van der Waals surface area contributed by atoms with Crippen molar-refractivity contribution in [1.82, 2.24) is 4.98 Å². The molecule has 29 heavy (non-hydrogen) atoms. The molecule has 0 aliphatic carbocycles. The number of nitrogens with zero attached hydrogens (tertiary/aromatic N) is 3. The second-order valence-corrected chi connectivity index (χ2v) is 8.27. The highest BCUT2D eigenvalue weighted by molar-refractivity contribution is 7.40. The number of ether oxygens (including phenoxy) is 1. The van der Waals surface area contributed by atoms with Crippen LogP contribution in [-0.4, -0.2) is 28.4 Å². The Kier molecular flexibility index (Phi) is 4.62. The van der Waals surface area contributed by atoms with Gasteiger partial charge in [-0.1, -0.05) is 6.07 Å². The predicted octanol–water partition coefficient (Wildman–Crippen LogP) is 4.69. The summed E-state index contributed by atoms with van der Waals surface area (Å²) in [6, 6.07) is 6.27. The predicted molar refractivity (Wildman–Crippen MR) is 112 cm³/mol. The third-order valence-corrected chi connectivity index (χ3v) is 6.77. The summed E-state index contributed by atoms with van der Waals surface area (Å²) in [6.45, 7) is 1.85. The number of nitrogens with two attached hydrogens (primary N) is 1. The van der Waals surface area contributed by atoms with Crippen molar-refractivity contribution in [2.24, 2.45) is 0 Å². The van der Waals surface area contributed by atoms with Crippen LogP contribution in [0.1, 0.15) is 31.8 Å². The van der Waals surface area contributed by atoms with Gasteiger partial charge < -0.3 is 15.6 Å². The highest BCUT2D eigenvalue weighted by Gasteiger charge is 2.35. The van der Waals surface area contributed by atoms with Crippen LogP contribution in [0.15, 0.2) is 30.5 Å². The van der Waals surface area contributed by atoms with Gasteiger partial charge in [-0.15, -0.1) is 22.7 Å². The minimum absolute atomic E-state index is 0.00604. The Hall–Kier alpha value is -3.55. The molecular formula is C19H13N4O4S2+. The number of hydrogen-bond donors (Lipinski definition) is 2. The lowest BCUT2D eigenvalue weighted by Gasteiger charge is -2.06. The number of phenolic OH excluding ortho intramolecular Hbond substituents is 1. The number of aromatic hydroxyl groups is 1. The monoisotopic (exact) mass is 425 g/mol. The lowest BCUT2D eigenvalue weighted by atomic mass is 10.0. The molecule has 8 nitrogen and oxygen atoms in total. The molecule has 0 bridgehead atoms. The van der Waals surface area contributed by atoms with Crippen molar-refractivity contribution in [3.63, 3.8) is 0 Å². The number of rotatable bonds is 4. The van der Waals surface area contributed by atoms with E-state index in [-0.39, 0.29) is 39.3 Å². The topological polar surface area (TPSA) is 131 Å². The van der Waals surface area contributed by atoms with Gasteiger partial charge in [-0.3, -0.25) is 9.78 Å². The van der Waals surface area contributed by atoms with Crippen LogP contribution in [0.4, 0.5) is 11.4 Å². The molecule has 0 saturated heterocycles. The van der Waals surface area contributed by atoms with Gasteiger partial charge in [0.25, 0.3) is 0 Å². The van der Waals surface area contributed by atoms with Crippen molar-refractivity contribution in [1.29, 1.82) is 5.39 Å². The summed E-state index contributed by atoms with van der Waals surface area (Å²) in [6.07, 6.45) is 1.53. The molecule has 0 amide bonds. The molecule has 0 aliphatic rings. The van der Waals surface area contributed by atoms with E-state index in [2.05, 4.69) is 9.96 Å². The zero-order valence-electron chi connectivity index (χ0n) is 15.0. The van der Waals surface area contributed by atoms with E-state index in [9.17, 15) is 20.1 Å². The number of aromatic nitrogens is 1. The number of anilines is 1. The Morgan fingerprint density at radius 1 is 1.28 bits per heavy atom. The van der Waals surface area contributed by atoms with Crippen molar-refractivity contribution >= 4 is 66.1 Å². The second-order valence-electron chi connectivity index (χ2n) is 5.97. The van der Waals surface area contributed by atoms with Crippen LogP contribution in [0.25, 0.3) is 25.3 Å². The maximum absolute atomic E-state index is 13.2. The molecule has 4 aromatic rings. The number of nitrogen functional groups attached to an aromatic ring is 1. The Balaban J connectivity index is 1.88. The SMILES string of the molecule is CCOC(=O)c1sc2sc(C(=O)c3ccc(O)c4ncccc34)c(N)c2c1[N+]#N. The van der Waals surface area contributed by atoms with E-state index in [1.54, 1.807) is 19.1 Å². The molecule has 1 aromatic carbocycles. The summed E-state index contributed by atoms with van der Waals surface area (Å²) in [4.78, 5) is 33.0. The number of benzene rings is 1. The van der Waals surface area contributed by atoms with Gasteiger partial charge >= 0.3 is 11.7 Å². The van der Waals surface area contributed by atoms with Crippen LogP contribution >= 0.6 is 22.7 Å². The Morgan fingerprint density at radius 3 is 2.76 bits per heavy atom. The average molecular weight is 425 g/mol. The fraction of sp³-hybridized carbons (Fsp3) is 0.105. The molecule has 144 valence electrons. The first-order valence-corrected chi connectivity index (χ1v) is 10.1. The third kappa shape index (κ3) is 2.88. The lowest BCUT2D eigenvalue weighted by Crippen LogP contribution is -2.04. The van der Waals surface area contributed by atoms with E-state index in [1.807, 2.05) is 0 Å². The van der Waals surface area contributed by atoms with E-state index >= 15 is 0 Å². The Bertz CT molecular complexity index is 1350. The highest BCUT2D eigenvalue weighted by atomic mass is 32.2. The lowest BCUT2D eigenvalue weighted by molar-refractivity contribution is 0.0533. The zero-order valence-corrected chi connectivity index (χ0v) is 16.6. The first-order chi connectivity index (χ1) is 14.0. The van der Waals surface area contributed by atoms with Crippen LogP contribution in [0.2, 0.25) is 0 Å². The van der Waals surface area contributed by atoms with Gasteiger partial charge in [0.2, 0.25) is 16.1 Å². The van der Waals surface area contributed by atoms with Crippen LogP contribution in [0.5, 0.6) is 5.75 Å². The van der Waals surface area contributed by atoms with Gasteiger partial charge in [0.1, 0.15) is 21.5 Å². The summed E-state index contributed by atoms with van der Waals surface area (Å²) in [5.41, 5.74) is 6.99. The summed E-state index contributed by atoms with van der Waals surface area (Å²) in [5, 5.41) is 20.3. The second kappa shape index (κ2) is 7.12. The van der Waals surface area contributed by atoms with E-state index in [0.29, 0.717) is 25.9 Å². The zero-order chi connectivity index (χ0) is 20.7. The average Bonchev–Trinajstić information content (AvgIpc) is 3.25. The molecule has 3 heterocycles. The van der Waals surface area contributed by atoms with Crippen LogP contribution in [-0.2, 0) is 4.74 Å². The molecule has 3 aromatic heterocycles. The number of pyridine rings is 1. The van der Waals surface area contributed by atoms with Gasteiger partial charge in [0.05, 0.1) is 16.3 Å². The number of fused-ring (bicyclic) bond motifs is 2. The fourth-order valence-corrected chi connectivity index (χ4v) is 5.50. The van der Waals surface area contributed by atoms with Gasteiger partial charge in [-0.25, -0.2) is 4.79 Å². The van der Waals surface area contributed by atoms with Gasteiger partial charge in [0, 0.05) is 17.1 Å². The molecule has 10 heteroatoms. The molecule has 0 aliphatic heterocycles. The maximum atomic E-state index is 13.2. The van der Waals surface area contributed by atoms with Crippen molar-refractivity contribution < 1.29 is 19.4 Å². The van der Waals surface area contributed by atoms with E-state index in [4.69, 9.17) is 10.5 Å². The Morgan fingerprint density at radius 2 is 2.03 bits per heavy atom. The fourth-order valence-electron chi connectivity index (χ4n) is 3.05. The number of thiophene rings is 2. The highest BCUT2D eigenvalue weighted by Crippen LogP contribution is 2.48. The first kappa shape index (κ1) is 18.8.